The van der Waals surface area contributed by atoms with Gasteiger partial charge in [0, 0.05) is 6.54 Å². The Hall–Kier alpha value is -2.68. The molecule has 23 heavy (non-hydrogen) atoms. The van der Waals surface area contributed by atoms with E-state index in [1.807, 2.05) is 12.2 Å². The van der Waals surface area contributed by atoms with E-state index in [0.717, 1.165) is 5.56 Å². The molecule has 0 unspecified atom stereocenters. The molecule has 0 spiro atoms. The number of nitrogens with zero attached hydrogens (tertiary/aromatic N) is 1. The third-order valence-electron chi connectivity index (χ3n) is 4.32. The van der Waals surface area contributed by atoms with E-state index in [1.54, 1.807) is 24.3 Å². The van der Waals surface area contributed by atoms with E-state index >= 15 is 0 Å². The summed E-state index contributed by atoms with van der Waals surface area (Å²) in [6.07, 6.45) is 3.86. The molecule has 0 atom stereocenters. The second kappa shape index (κ2) is 5.84. The smallest absolute Gasteiger partial charge is 0.261 e. The number of rotatable bonds is 3. The molecule has 0 fully saturated rings. The summed E-state index contributed by atoms with van der Waals surface area (Å²) in [5, 5.41) is 0. The molecule has 0 radical (unpaired) electrons. The zero-order valence-corrected chi connectivity index (χ0v) is 13.6. The summed E-state index contributed by atoms with van der Waals surface area (Å²) in [6, 6.07) is 11.2. The predicted molar refractivity (Wildman–Crippen MR) is 91.5 cm³/mol. The fourth-order valence-electron chi connectivity index (χ4n) is 2.94. The molecule has 0 saturated carbocycles. The molecule has 0 bridgehead atoms. The lowest BCUT2D eigenvalue weighted by Gasteiger charge is -2.11. The minimum Gasteiger partial charge on any atom is -0.270 e. The molecule has 3 rings (SSSR count). The van der Waals surface area contributed by atoms with Crippen LogP contribution in [0, 0.1) is 20.8 Å². The van der Waals surface area contributed by atoms with Crippen molar-refractivity contribution < 1.29 is 9.59 Å². The Balaban J connectivity index is 1.80. The third-order valence-corrected chi connectivity index (χ3v) is 4.32. The van der Waals surface area contributed by atoms with Crippen LogP contribution < -0.4 is 0 Å². The van der Waals surface area contributed by atoms with Crippen molar-refractivity contribution in [2.75, 3.05) is 6.54 Å². The van der Waals surface area contributed by atoms with Gasteiger partial charge in [0.1, 0.15) is 0 Å². The Bertz CT molecular complexity index is 799. The zero-order chi connectivity index (χ0) is 16.6. The van der Waals surface area contributed by atoms with E-state index in [2.05, 4.69) is 32.9 Å². The van der Waals surface area contributed by atoms with Gasteiger partial charge in [-0.05, 0) is 49.6 Å². The molecule has 1 aliphatic rings. The molecule has 1 aliphatic heterocycles. The van der Waals surface area contributed by atoms with Crippen molar-refractivity contribution in [3.63, 3.8) is 0 Å². The van der Waals surface area contributed by atoms with E-state index in [1.165, 1.54) is 21.6 Å². The first kappa shape index (κ1) is 15.2. The molecule has 0 N–H and O–H groups in total. The van der Waals surface area contributed by atoms with Gasteiger partial charge in [0.15, 0.2) is 0 Å². The average molecular weight is 305 g/mol. The summed E-state index contributed by atoms with van der Waals surface area (Å²) >= 11 is 0. The van der Waals surface area contributed by atoms with Gasteiger partial charge in [-0.25, -0.2) is 0 Å². The second-order valence-electron chi connectivity index (χ2n) is 5.96. The normalized spacial score (nSPS) is 14.0. The van der Waals surface area contributed by atoms with Crippen LogP contribution in [0.5, 0.6) is 0 Å². The van der Waals surface area contributed by atoms with Gasteiger partial charge in [0.2, 0.25) is 0 Å². The summed E-state index contributed by atoms with van der Waals surface area (Å²) in [5.74, 6) is -0.431. The maximum absolute atomic E-state index is 12.3. The minimum absolute atomic E-state index is 0.215. The molecule has 3 nitrogen and oxygen atoms in total. The number of imide groups is 1. The SMILES string of the molecule is Cc1cc(C)c(C)c(/C=C/CN2C(=O)c3ccccc3C2=O)c1. The molecule has 2 amide bonds. The van der Waals surface area contributed by atoms with E-state index in [-0.39, 0.29) is 11.8 Å². The Kier molecular flexibility index (Phi) is 3.87. The number of benzene rings is 2. The van der Waals surface area contributed by atoms with Gasteiger partial charge in [0.05, 0.1) is 11.1 Å². The second-order valence-corrected chi connectivity index (χ2v) is 5.96. The molecule has 0 aromatic heterocycles. The minimum atomic E-state index is -0.215. The first-order chi connectivity index (χ1) is 11.0. The Morgan fingerprint density at radius 1 is 0.957 bits per heavy atom. The fraction of sp³-hybridized carbons (Fsp3) is 0.200. The number of hydrogen-bond donors (Lipinski definition) is 0. The lowest BCUT2D eigenvalue weighted by molar-refractivity contribution is 0.0672. The number of hydrogen-bond acceptors (Lipinski definition) is 2. The quantitative estimate of drug-likeness (QED) is 0.806. The zero-order valence-electron chi connectivity index (χ0n) is 13.6. The molecular weight excluding hydrogens is 286 g/mol. The van der Waals surface area contributed by atoms with Crippen LogP contribution in [0.25, 0.3) is 6.08 Å². The van der Waals surface area contributed by atoms with Crippen LogP contribution in [0.4, 0.5) is 0 Å². The number of amides is 2. The van der Waals surface area contributed by atoms with Crippen molar-refractivity contribution in [3.05, 3.63) is 75.9 Å². The number of carbonyl (C=O) groups excluding carboxylic acids is 2. The van der Waals surface area contributed by atoms with Gasteiger partial charge in [-0.2, -0.15) is 0 Å². The summed E-state index contributed by atoms with van der Waals surface area (Å²) in [5.41, 5.74) is 5.77. The van der Waals surface area contributed by atoms with Crippen molar-refractivity contribution in [2.45, 2.75) is 20.8 Å². The largest absolute Gasteiger partial charge is 0.270 e. The maximum atomic E-state index is 12.3. The molecule has 3 heteroatoms. The summed E-state index contributed by atoms with van der Waals surface area (Å²) in [6.45, 7) is 6.52. The number of carbonyl (C=O) groups is 2. The van der Waals surface area contributed by atoms with Crippen LogP contribution in [0.2, 0.25) is 0 Å². The summed E-state index contributed by atoms with van der Waals surface area (Å²) in [4.78, 5) is 25.9. The van der Waals surface area contributed by atoms with Gasteiger partial charge in [-0.3, -0.25) is 14.5 Å². The van der Waals surface area contributed by atoms with Crippen LogP contribution in [-0.4, -0.2) is 23.3 Å². The van der Waals surface area contributed by atoms with Gasteiger partial charge in [-0.1, -0.05) is 42.0 Å². The van der Waals surface area contributed by atoms with E-state index < -0.39 is 0 Å². The van der Waals surface area contributed by atoms with Crippen molar-refractivity contribution in [1.29, 1.82) is 0 Å². The van der Waals surface area contributed by atoms with Crippen molar-refractivity contribution in [2.24, 2.45) is 0 Å². The molecule has 0 saturated heterocycles. The maximum Gasteiger partial charge on any atom is 0.261 e. The Labute approximate surface area is 136 Å². The van der Waals surface area contributed by atoms with Crippen LogP contribution >= 0.6 is 0 Å². The Morgan fingerprint density at radius 2 is 1.57 bits per heavy atom. The monoisotopic (exact) mass is 305 g/mol. The summed E-state index contributed by atoms with van der Waals surface area (Å²) in [7, 11) is 0. The van der Waals surface area contributed by atoms with Crippen molar-refractivity contribution in [3.8, 4) is 0 Å². The molecule has 1 heterocycles. The van der Waals surface area contributed by atoms with Crippen LogP contribution in [0.15, 0.2) is 42.5 Å². The molecule has 2 aromatic rings. The fourth-order valence-corrected chi connectivity index (χ4v) is 2.94. The van der Waals surface area contributed by atoms with Gasteiger partial charge < -0.3 is 0 Å². The highest BCUT2D eigenvalue weighted by molar-refractivity contribution is 6.21. The first-order valence-electron chi connectivity index (χ1n) is 7.68. The molecule has 2 aromatic carbocycles. The van der Waals surface area contributed by atoms with E-state index in [4.69, 9.17) is 0 Å². The van der Waals surface area contributed by atoms with E-state index in [0.29, 0.717) is 17.7 Å². The van der Waals surface area contributed by atoms with Crippen molar-refractivity contribution in [1.82, 2.24) is 4.90 Å². The Morgan fingerprint density at radius 3 is 2.17 bits per heavy atom. The standard InChI is InChI=1S/C20H19NO2/c1-13-11-14(2)15(3)16(12-13)7-6-10-21-19(22)17-8-4-5-9-18(17)20(21)23/h4-9,11-12H,10H2,1-3H3/b7-6+. The lowest BCUT2D eigenvalue weighted by atomic mass is 10.00. The van der Waals surface area contributed by atoms with Gasteiger partial charge >= 0.3 is 0 Å². The number of fused-ring (bicyclic) bond motifs is 1. The average Bonchev–Trinajstić information content (AvgIpc) is 2.77. The lowest BCUT2D eigenvalue weighted by Crippen LogP contribution is -2.29. The van der Waals surface area contributed by atoms with Crippen LogP contribution in [0.1, 0.15) is 43.0 Å². The van der Waals surface area contributed by atoms with Crippen molar-refractivity contribution >= 4 is 17.9 Å². The molecule has 0 aliphatic carbocycles. The third kappa shape index (κ3) is 2.70. The molecule has 116 valence electrons. The highest BCUT2D eigenvalue weighted by Gasteiger charge is 2.34. The molecular formula is C20H19NO2. The summed E-state index contributed by atoms with van der Waals surface area (Å²) < 4.78 is 0. The highest BCUT2D eigenvalue weighted by atomic mass is 16.2. The van der Waals surface area contributed by atoms with Crippen LogP contribution in [0.3, 0.4) is 0 Å². The predicted octanol–water partition coefficient (Wildman–Crippen LogP) is 3.92. The van der Waals surface area contributed by atoms with Gasteiger partial charge in [-0.15, -0.1) is 0 Å². The highest BCUT2D eigenvalue weighted by Crippen LogP contribution is 2.22. The first-order valence-corrected chi connectivity index (χ1v) is 7.68. The topological polar surface area (TPSA) is 37.4 Å². The number of aryl methyl sites for hydroxylation is 2. The van der Waals surface area contributed by atoms with Crippen LogP contribution in [-0.2, 0) is 0 Å². The van der Waals surface area contributed by atoms with E-state index in [9.17, 15) is 9.59 Å². The van der Waals surface area contributed by atoms with Gasteiger partial charge in [0.25, 0.3) is 11.8 Å².